The lowest BCUT2D eigenvalue weighted by molar-refractivity contribution is 0.822. The zero-order chi connectivity index (χ0) is 33.5. The average Bonchev–Trinajstić information content (AvgIpc) is 3.84. The van der Waals surface area contributed by atoms with Crippen LogP contribution in [0.25, 0.3) is 77.8 Å². The fraction of sp³-hybridized carbons (Fsp3) is 0.0217. The number of hydrogen-bond acceptors (Lipinski definition) is 3. The van der Waals surface area contributed by atoms with Crippen molar-refractivity contribution in [2.75, 3.05) is 0 Å². The quantitative estimate of drug-likeness (QED) is 0.190. The van der Waals surface area contributed by atoms with Gasteiger partial charge in [-0.15, -0.1) is 0 Å². The highest BCUT2D eigenvalue weighted by atomic mass is 15.2. The minimum absolute atomic E-state index is 0.147. The van der Waals surface area contributed by atoms with Gasteiger partial charge >= 0.3 is 0 Å². The Balaban J connectivity index is 1.24. The highest BCUT2D eigenvalue weighted by Gasteiger charge is 2.33. The summed E-state index contributed by atoms with van der Waals surface area (Å²) >= 11 is 0. The van der Waals surface area contributed by atoms with Crippen molar-refractivity contribution in [3.8, 4) is 34.2 Å². The molecule has 3 heterocycles. The summed E-state index contributed by atoms with van der Waals surface area (Å²) < 4.78 is 4.55. The molecule has 5 heteroatoms. The van der Waals surface area contributed by atoms with Crippen molar-refractivity contribution in [2.45, 2.75) is 5.92 Å². The highest BCUT2D eigenvalue weighted by Crippen LogP contribution is 2.47. The predicted molar refractivity (Wildman–Crippen MR) is 207 cm³/mol. The second-order valence-corrected chi connectivity index (χ2v) is 13.2. The van der Waals surface area contributed by atoms with Gasteiger partial charge in [0, 0.05) is 27.1 Å². The molecule has 238 valence electrons. The third-order valence-corrected chi connectivity index (χ3v) is 10.5. The second kappa shape index (κ2) is 10.8. The first-order valence-electron chi connectivity index (χ1n) is 17.3. The molecule has 0 atom stereocenters. The Bertz CT molecular complexity index is 2850. The Labute approximate surface area is 293 Å². The first-order chi connectivity index (χ1) is 25.3. The van der Waals surface area contributed by atoms with E-state index in [0.717, 1.165) is 39.1 Å². The fourth-order valence-electron chi connectivity index (χ4n) is 8.34. The predicted octanol–water partition coefficient (Wildman–Crippen LogP) is 10.9. The van der Waals surface area contributed by atoms with Crippen molar-refractivity contribution in [1.29, 1.82) is 0 Å². The van der Waals surface area contributed by atoms with Crippen LogP contribution in [0.5, 0.6) is 0 Å². The highest BCUT2D eigenvalue weighted by molar-refractivity contribution is 6.10. The molecule has 0 fully saturated rings. The fourth-order valence-corrected chi connectivity index (χ4v) is 8.34. The lowest BCUT2D eigenvalue weighted by atomic mass is 9.96. The number of aromatic nitrogens is 5. The lowest BCUT2D eigenvalue weighted by Gasteiger charge is -2.18. The largest absolute Gasteiger partial charge is 0.309 e. The summed E-state index contributed by atoms with van der Waals surface area (Å²) in [6, 6.07) is 60.1. The molecule has 0 bridgehead atoms. The molecule has 1 aliphatic carbocycles. The van der Waals surface area contributed by atoms with Gasteiger partial charge in [0.15, 0.2) is 5.82 Å². The van der Waals surface area contributed by atoms with Gasteiger partial charge in [0.1, 0.15) is 5.82 Å². The van der Waals surface area contributed by atoms with E-state index in [4.69, 9.17) is 15.0 Å². The number of nitrogens with zero attached hydrogens (tertiary/aromatic N) is 5. The lowest BCUT2D eigenvalue weighted by Crippen LogP contribution is -2.13. The minimum atomic E-state index is -0.147. The van der Waals surface area contributed by atoms with E-state index >= 15 is 0 Å². The van der Waals surface area contributed by atoms with Crippen LogP contribution in [0.3, 0.4) is 0 Å². The van der Waals surface area contributed by atoms with Gasteiger partial charge < -0.3 is 4.57 Å². The molecule has 5 nitrogen and oxygen atoms in total. The Kier molecular flexibility index (Phi) is 5.95. The van der Waals surface area contributed by atoms with Crippen LogP contribution >= 0.6 is 0 Å². The topological polar surface area (TPSA) is 48.5 Å². The Hall–Kier alpha value is -6.85. The normalized spacial score (nSPS) is 12.6. The van der Waals surface area contributed by atoms with Crippen LogP contribution in [-0.2, 0) is 0 Å². The summed E-state index contributed by atoms with van der Waals surface area (Å²) in [7, 11) is 0. The van der Waals surface area contributed by atoms with Crippen LogP contribution in [0.2, 0.25) is 0 Å². The minimum Gasteiger partial charge on any atom is -0.309 e. The summed E-state index contributed by atoms with van der Waals surface area (Å²) in [4.78, 5) is 16.2. The van der Waals surface area contributed by atoms with Crippen LogP contribution in [-0.4, -0.2) is 24.1 Å². The average molecular weight is 652 g/mol. The van der Waals surface area contributed by atoms with Gasteiger partial charge in [-0.25, -0.2) is 4.98 Å². The summed E-state index contributed by atoms with van der Waals surface area (Å²) in [6.07, 6.45) is 0. The van der Waals surface area contributed by atoms with Gasteiger partial charge in [0.2, 0.25) is 5.95 Å². The first-order valence-corrected chi connectivity index (χ1v) is 17.3. The number of benzene rings is 7. The van der Waals surface area contributed by atoms with Crippen LogP contribution < -0.4 is 0 Å². The molecule has 7 aromatic carbocycles. The van der Waals surface area contributed by atoms with Gasteiger partial charge in [0.25, 0.3) is 0 Å². The maximum absolute atomic E-state index is 5.44. The Morgan fingerprint density at radius 1 is 0.353 bits per heavy atom. The Morgan fingerprint density at radius 3 is 1.29 bits per heavy atom. The van der Waals surface area contributed by atoms with E-state index in [1.54, 1.807) is 0 Å². The summed E-state index contributed by atoms with van der Waals surface area (Å²) in [5.41, 5.74) is 11.2. The second-order valence-electron chi connectivity index (χ2n) is 13.2. The van der Waals surface area contributed by atoms with Crippen molar-refractivity contribution in [2.24, 2.45) is 0 Å². The molecular weight excluding hydrogens is 623 g/mol. The summed E-state index contributed by atoms with van der Waals surface area (Å²) in [6.45, 7) is 0. The molecule has 0 aliphatic heterocycles. The first kappa shape index (κ1) is 28.0. The van der Waals surface area contributed by atoms with Gasteiger partial charge in [-0.3, -0.25) is 4.57 Å². The van der Waals surface area contributed by atoms with Gasteiger partial charge in [-0.2, -0.15) is 9.97 Å². The monoisotopic (exact) mass is 651 g/mol. The molecule has 0 amide bonds. The van der Waals surface area contributed by atoms with Crippen molar-refractivity contribution in [1.82, 2.24) is 24.1 Å². The van der Waals surface area contributed by atoms with Crippen molar-refractivity contribution < 1.29 is 0 Å². The zero-order valence-electron chi connectivity index (χ0n) is 27.5. The third kappa shape index (κ3) is 4.06. The molecule has 51 heavy (non-hydrogen) atoms. The van der Waals surface area contributed by atoms with E-state index in [2.05, 4.69) is 179 Å². The third-order valence-electron chi connectivity index (χ3n) is 10.5. The molecule has 1 aliphatic rings. The van der Waals surface area contributed by atoms with E-state index in [0.29, 0.717) is 11.8 Å². The molecule has 0 spiro atoms. The number of hydrogen-bond donors (Lipinski definition) is 0. The molecule has 0 radical (unpaired) electrons. The van der Waals surface area contributed by atoms with E-state index < -0.39 is 0 Å². The van der Waals surface area contributed by atoms with Crippen LogP contribution in [0, 0.1) is 0 Å². The molecular formula is C46H29N5. The van der Waals surface area contributed by atoms with E-state index in [9.17, 15) is 0 Å². The van der Waals surface area contributed by atoms with Crippen molar-refractivity contribution in [3.63, 3.8) is 0 Å². The van der Waals surface area contributed by atoms with Crippen molar-refractivity contribution in [3.05, 3.63) is 187 Å². The number of para-hydroxylation sites is 5. The van der Waals surface area contributed by atoms with Crippen LogP contribution in [0.1, 0.15) is 22.9 Å². The SMILES string of the molecule is c1ccc2c(c1)-c1ccccc1C2c1nc(-c2ccccc2-n2c3ccccc3c3ccccc32)nc(-n2c3ccccc3c3ccccc32)n1. The smallest absolute Gasteiger partial charge is 0.238 e. The van der Waals surface area contributed by atoms with E-state index in [1.807, 2.05) is 0 Å². The van der Waals surface area contributed by atoms with Crippen molar-refractivity contribution >= 4 is 43.6 Å². The van der Waals surface area contributed by atoms with E-state index in [1.165, 1.54) is 43.8 Å². The van der Waals surface area contributed by atoms with Crippen LogP contribution in [0.4, 0.5) is 0 Å². The van der Waals surface area contributed by atoms with Gasteiger partial charge in [-0.1, -0.05) is 133 Å². The van der Waals surface area contributed by atoms with Gasteiger partial charge in [-0.05, 0) is 58.7 Å². The molecule has 0 saturated carbocycles. The molecule has 0 N–H and O–H groups in total. The molecule has 0 unspecified atom stereocenters. The molecule has 10 aromatic rings. The van der Waals surface area contributed by atoms with E-state index in [-0.39, 0.29) is 5.92 Å². The zero-order valence-corrected chi connectivity index (χ0v) is 27.5. The maximum Gasteiger partial charge on any atom is 0.238 e. The molecule has 11 rings (SSSR count). The number of rotatable bonds is 4. The number of fused-ring (bicyclic) bond motifs is 9. The summed E-state index contributed by atoms with van der Waals surface area (Å²) in [5.74, 6) is 1.82. The van der Waals surface area contributed by atoms with Gasteiger partial charge in [0.05, 0.1) is 33.7 Å². The van der Waals surface area contributed by atoms with Crippen LogP contribution in [0.15, 0.2) is 170 Å². The summed E-state index contributed by atoms with van der Waals surface area (Å²) in [5, 5.41) is 4.76. The maximum atomic E-state index is 5.44. The standard InChI is InChI=1S/C46H29N5/c1-3-21-35-29(15-1)30-16-2-4-22-36(30)43(35)45-47-44(48-46(49-45)51-40-26-12-7-19-33(40)34-20-8-13-27-41(34)51)37-23-9-14-28-42(37)50-38-24-10-5-17-31(38)32-18-6-11-25-39(32)50/h1-28,43H. The Morgan fingerprint density at radius 2 is 0.765 bits per heavy atom. The molecule has 0 saturated heterocycles. The molecule has 3 aromatic heterocycles.